The van der Waals surface area contributed by atoms with E-state index in [4.69, 9.17) is 18.9 Å². The molecule has 0 saturated carbocycles. The van der Waals surface area contributed by atoms with Gasteiger partial charge < -0.3 is 39.4 Å². The Bertz CT molecular complexity index is 1030. The molecule has 5 unspecified atom stereocenters. The van der Waals surface area contributed by atoms with E-state index in [-0.39, 0.29) is 23.0 Å². The lowest BCUT2D eigenvalue weighted by atomic mass is 9.99. The van der Waals surface area contributed by atoms with Crippen molar-refractivity contribution in [3.05, 3.63) is 59.7 Å². The molecule has 0 bridgehead atoms. The zero-order chi connectivity index (χ0) is 24.8. The van der Waals surface area contributed by atoms with Crippen LogP contribution in [0.4, 0.5) is 0 Å². The first-order chi connectivity index (χ1) is 16.2. The summed E-state index contributed by atoms with van der Waals surface area (Å²) in [6, 6.07) is 10.5. The zero-order valence-electron chi connectivity index (χ0n) is 18.5. The van der Waals surface area contributed by atoms with Gasteiger partial charge in [0.25, 0.3) is 0 Å². The average Bonchev–Trinajstić information content (AvgIpc) is 2.83. The molecular formula is C24H26O10. The van der Waals surface area contributed by atoms with Gasteiger partial charge in [-0.05, 0) is 42.8 Å². The maximum absolute atomic E-state index is 12.0. The Balaban J connectivity index is 1.63. The van der Waals surface area contributed by atoms with E-state index in [2.05, 4.69) is 0 Å². The van der Waals surface area contributed by atoms with Crippen LogP contribution in [-0.2, 0) is 14.3 Å². The fourth-order valence-corrected chi connectivity index (χ4v) is 3.28. The average molecular weight is 474 g/mol. The number of ether oxygens (including phenoxy) is 4. The summed E-state index contributed by atoms with van der Waals surface area (Å²) in [4.78, 5) is 23.7. The van der Waals surface area contributed by atoms with Crippen LogP contribution in [0.1, 0.15) is 22.8 Å². The van der Waals surface area contributed by atoms with Crippen LogP contribution < -0.4 is 9.47 Å². The number of methoxy groups -OCH3 is 1. The molecule has 0 amide bonds. The fourth-order valence-electron chi connectivity index (χ4n) is 3.28. The second-order valence-corrected chi connectivity index (χ2v) is 7.61. The van der Waals surface area contributed by atoms with E-state index in [0.29, 0.717) is 11.1 Å². The lowest BCUT2D eigenvalue weighted by Crippen LogP contribution is -2.60. The van der Waals surface area contributed by atoms with Gasteiger partial charge in [-0.15, -0.1) is 0 Å². The maximum atomic E-state index is 12.0. The van der Waals surface area contributed by atoms with E-state index in [1.54, 1.807) is 12.1 Å². The topological polar surface area (TPSA) is 152 Å². The highest BCUT2D eigenvalue weighted by Gasteiger charge is 2.45. The molecule has 1 saturated heterocycles. The number of carbonyl (C=O) groups is 2. The van der Waals surface area contributed by atoms with Crippen LogP contribution in [0.25, 0.3) is 6.08 Å². The van der Waals surface area contributed by atoms with Crippen LogP contribution in [0.5, 0.6) is 17.2 Å². The maximum Gasteiger partial charge on any atom is 0.330 e. The summed E-state index contributed by atoms with van der Waals surface area (Å²) in [6.07, 6.45) is -4.73. The van der Waals surface area contributed by atoms with Crippen LogP contribution in [0.15, 0.2) is 48.5 Å². The highest BCUT2D eigenvalue weighted by molar-refractivity contribution is 5.97. The van der Waals surface area contributed by atoms with Gasteiger partial charge in [0.15, 0.2) is 5.78 Å². The van der Waals surface area contributed by atoms with Gasteiger partial charge in [-0.1, -0.05) is 12.1 Å². The van der Waals surface area contributed by atoms with Crippen molar-refractivity contribution in [2.75, 3.05) is 13.7 Å². The van der Waals surface area contributed by atoms with Gasteiger partial charge in [-0.3, -0.25) is 4.79 Å². The van der Waals surface area contributed by atoms with Gasteiger partial charge in [0.1, 0.15) is 48.3 Å². The van der Waals surface area contributed by atoms with Crippen LogP contribution in [0.3, 0.4) is 0 Å². The fraction of sp³-hybridized carbons (Fsp3) is 0.333. The number of carbonyl (C=O) groups excluding carboxylic acids is 2. The molecule has 1 heterocycles. The molecule has 1 fully saturated rings. The number of aromatic hydroxyl groups is 1. The molecule has 0 aromatic heterocycles. The van der Waals surface area contributed by atoms with Crippen LogP contribution >= 0.6 is 0 Å². The predicted molar refractivity (Wildman–Crippen MR) is 118 cm³/mol. The molecule has 0 aliphatic carbocycles. The van der Waals surface area contributed by atoms with E-state index in [1.807, 2.05) is 0 Å². The van der Waals surface area contributed by atoms with Crippen molar-refractivity contribution in [3.63, 3.8) is 0 Å². The van der Waals surface area contributed by atoms with Crippen molar-refractivity contribution in [3.8, 4) is 17.2 Å². The summed E-state index contributed by atoms with van der Waals surface area (Å²) < 4.78 is 21.4. The van der Waals surface area contributed by atoms with Crippen molar-refractivity contribution >= 4 is 17.8 Å². The normalized spacial score (nSPS) is 24.6. The third kappa shape index (κ3) is 6.12. The molecule has 5 atom stereocenters. The molecular weight excluding hydrogens is 448 g/mol. The van der Waals surface area contributed by atoms with E-state index >= 15 is 0 Å². The van der Waals surface area contributed by atoms with E-state index < -0.39 is 43.3 Å². The van der Waals surface area contributed by atoms with Crippen molar-refractivity contribution in [1.82, 2.24) is 0 Å². The number of phenolic OH excluding ortho intramolecular Hbond substituents is 1. The van der Waals surface area contributed by atoms with Gasteiger partial charge in [0, 0.05) is 12.1 Å². The van der Waals surface area contributed by atoms with E-state index in [0.717, 1.165) is 6.08 Å². The Morgan fingerprint density at radius 2 is 1.74 bits per heavy atom. The molecule has 1 aliphatic rings. The molecule has 4 N–H and O–H groups in total. The van der Waals surface area contributed by atoms with Gasteiger partial charge in [-0.25, -0.2) is 4.79 Å². The minimum Gasteiger partial charge on any atom is -0.508 e. The Morgan fingerprint density at radius 3 is 2.38 bits per heavy atom. The lowest BCUT2D eigenvalue weighted by molar-refractivity contribution is -0.278. The standard InChI is InChI=1S/C24H26O10/c1-13(25)17-9-8-16(11-18(17)31-2)33-24-23(30)22(29)21(28)19(34-24)12-32-20(27)10-5-14-3-6-15(26)7-4-14/h3-11,19,21-24,26,28-30H,12H2,1-2H3. The second-order valence-electron chi connectivity index (χ2n) is 7.61. The van der Waals surface area contributed by atoms with Crippen molar-refractivity contribution in [2.24, 2.45) is 0 Å². The summed E-state index contributed by atoms with van der Waals surface area (Å²) >= 11 is 0. The first-order valence-corrected chi connectivity index (χ1v) is 10.4. The smallest absolute Gasteiger partial charge is 0.330 e. The number of phenols is 1. The number of Topliss-reactive ketones (excluding diaryl/α,β-unsaturated/α-hetero) is 1. The Morgan fingerprint density at radius 1 is 1.03 bits per heavy atom. The molecule has 2 aromatic rings. The van der Waals surface area contributed by atoms with Gasteiger partial charge in [0.2, 0.25) is 6.29 Å². The highest BCUT2D eigenvalue weighted by atomic mass is 16.7. The van der Waals surface area contributed by atoms with Crippen LogP contribution in [-0.4, -0.2) is 76.6 Å². The molecule has 10 heteroatoms. The number of rotatable bonds is 8. The van der Waals surface area contributed by atoms with Crippen molar-refractivity contribution in [1.29, 1.82) is 0 Å². The summed E-state index contributed by atoms with van der Waals surface area (Å²) in [5.74, 6) is -0.415. The Labute approximate surface area is 195 Å². The molecule has 34 heavy (non-hydrogen) atoms. The second kappa shape index (κ2) is 11.1. The molecule has 2 aromatic carbocycles. The zero-order valence-corrected chi connectivity index (χ0v) is 18.5. The Kier molecular flexibility index (Phi) is 8.24. The first kappa shape index (κ1) is 25.2. The number of aliphatic hydroxyl groups is 3. The molecule has 3 rings (SSSR count). The van der Waals surface area contributed by atoms with Gasteiger partial charge in [0.05, 0.1) is 12.7 Å². The number of hydrogen-bond donors (Lipinski definition) is 4. The number of aliphatic hydroxyl groups excluding tert-OH is 3. The van der Waals surface area contributed by atoms with Crippen LogP contribution in [0, 0.1) is 0 Å². The minimum absolute atomic E-state index is 0.0916. The van der Waals surface area contributed by atoms with Gasteiger partial charge >= 0.3 is 5.97 Å². The summed E-state index contributed by atoms with van der Waals surface area (Å²) in [6.45, 7) is 0.964. The first-order valence-electron chi connectivity index (χ1n) is 10.4. The monoisotopic (exact) mass is 474 g/mol. The summed E-state index contributed by atoms with van der Waals surface area (Å²) in [5, 5.41) is 40.0. The molecule has 182 valence electrons. The van der Waals surface area contributed by atoms with E-state index in [1.165, 1.54) is 50.4 Å². The number of esters is 1. The Hall–Kier alpha value is -3.44. The predicted octanol–water partition coefficient (Wildman–Crippen LogP) is 1.05. The van der Waals surface area contributed by atoms with Gasteiger partial charge in [-0.2, -0.15) is 0 Å². The van der Waals surface area contributed by atoms with E-state index in [9.17, 15) is 30.0 Å². The summed E-state index contributed by atoms with van der Waals surface area (Å²) in [7, 11) is 1.39. The quantitative estimate of drug-likeness (QED) is 0.248. The van der Waals surface area contributed by atoms with Crippen LogP contribution in [0.2, 0.25) is 0 Å². The number of hydrogen-bond acceptors (Lipinski definition) is 10. The summed E-state index contributed by atoms with van der Waals surface area (Å²) in [5.41, 5.74) is 0.988. The SMILES string of the molecule is COc1cc(OC2OC(COC(=O)C=Cc3ccc(O)cc3)C(O)C(O)C2O)ccc1C(C)=O. The van der Waals surface area contributed by atoms with Crippen molar-refractivity contribution < 1.29 is 49.0 Å². The minimum atomic E-state index is -1.63. The van der Waals surface area contributed by atoms with Crippen molar-refractivity contribution in [2.45, 2.75) is 37.6 Å². The molecule has 10 nitrogen and oxygen atoms in total. The number of benzene rings is 2. The third-order valence-electron chi connectivity index (χ3n) is 5.17. The highest BCUT2D eigenvalue weighted by Crippen LogP contribution is 2.29. The largest absolute Gasteiger partial charge is 0.508 e. The number of ketones is 1. The third-order valence-corrected chi connectivity index (χ3v) is 5.17. The lowest BCUT2D eigenvalue weighted by Gasteiger charge is -2.39. The molecule has 1 aliphatic heterocycles. The molecule has 0 spiro atoms. The molecule has 0 radical (unpaired) electrons.